The van der Waals surface area contributed by atoms with Crippen LogP contribution in [-0.4, -0.2) is 56.9 Å². The summed E-state index contributed by atoms with van der Waals surface area (Å²) in [6.45, 7) is 1.45. The molecule has 16 heavy (non-hydrogen) atoms. The zero-order valence-electron chi connectivity index (χ0n) is 9.18. The van der Waals surface area contributed by atoms with Crippen molar-refractivity contribution in [3.05, 3.63) is 0 Å². The second kappa shape index (κ2) is 4.89. The van der Waals surface area contributed by atoms with Crippen molar-refractivity contribution in [2.75, 3.05) is 31.6 Å². The van der Waals surface area contributed by atoms with Crippen LogP contribution in [0.5, 0.6) is 0 Å². The van der Waals surface area contributed by atoms with Crippen molar-refractivity contribution in [2.45, 2.75) is 12.5 Å². The number of nitrogens with zero attached hydrogens (tertiary/aromatic N) is 1. The number of halogens is 1. The third kappa shape index (κ3) is 2.67. The lowest BCUT2D eigenvalue weighted by Crippen LogP contribution is -2.53. The van der Waals surface area contributed by atoms with Gasteiger partial charge >= 0.3 is 0 Å². The lowest BCUT2D eigenvalue weighted by atomic mass is 10.0. The summed E-state index contributed by atoms with van der Waals surface area (Å²) in [5, 5.41) is 3.04. The first-order chi connectivity index (χ1) is 6.99. The van der Waals surface area contributed by atoms with Gasteiger partial charge in [-0.1, -0.05) is 0 Å². The Hall–Kier alpha value is -0.330. The number of carbonyl (C=O) groups is 1. The third-order valence-corrected chi connectivity index (χ3v) is 4.98. The molecule has 0 saturated carbocycles. The van der Waals surface area contributed by atoms with Crippen LogP contribution in [0.4, 0.5) is 0 Å². The number of hydrogen-bond donors (Lipinski definition) is 1. The summed E-state index contributed by atoms with van der Waals surface area (Å²) >= 11 is 0. The topological polar surface area (TPSA) is 66.5 Å². The number of sulfone groups is 1. The van der Waals surface area contributed by atoms with Crippen LogP contribution in [-0.2, 0) is 14.6 Å². The normalized spacial score (nSPS) is 27.9. The molecule has 0 bridgehead atoms. The molecule has 0 aromatic carbocycles. The molecule has 2 aliphatic heterocycles. The predicted octanol–water partition coefficient (Wildman–Crippen LogP) is -0.727. The van der Waals surface area contributed by atoms with E-state index in [9.17, 15) is 13.2 Å². The van der Waals surface area contributed by atoms with E-state index >= 15 is 0 Å². The Balaban J connectivity index is 0.00000128. The van der Waals surface area contributed by atoms with Gasteiger partial charge in [-0.15, -0.1) is 12.4 Å². The number of carbonyl (C=O) groups excluding carboxylic acids is 1. The van der Waals surface area contributed by atoms with E-state index in [2.05, 4.69) is 5.32 Å². The van der Waals surface area contributed by atoms with Crippen LogP contribution in [0.25, 0.3) is 0 Å². The first-order valence-electron chi connectivity index (χ1n) is 5.17. The van der Waals surface area contributed by atoms with Crippen molar-refractivity contribution in [1.82, 2.24) is 10.2 Å². The molecule has 0 aromatic rings. The molecular formula is C9H17ClN2O3S. The van der Waals surface area contributed by atoms with Gasteiger partial charge in [-0.2, -0.15) is 0 Å². The molecule has 2 heterocycles. The molecule has 1 unspecified atom stereocenters. The summed E-state index contributed by atoms with van der Waals surface area (Å²) in [4.78, 5) is 13.4. The summed E-state index contributed by atoms with van der Waals surface area (Å²) in [5.41, 5.74) is 0. The number of hydrogen-bond acceptors (Lipinski definition) is 4. The summed E-state index contributed by atoms with van der Waals surface area (Å²) in [6, 6.07) is -0.108. The van der Waals surface area contributed by atoms with Gasteiger partial charge in [0.25, 0.3) is 0 Å². The maximum atomic E-state index is 11.8. The molecule has 0 aromatic heterocycles. The van der Waals surface area contributed by atoms with Crippen LogP contribution >= 0.6 is 12.4 Å². The lowest BCUT2D eigenvalue weighted by molar-refractivity contribution is -0.137. The van der Waals surface area contributed by atoms with Crippen molar-refractivity contribution >= 4 is 28.2 Å². The van der Waals surface area contributed by atoms with Gasteiger partial charge in [0, 0.05) is 26.2 Å². The minimum absolute atomic E-state index is 0. The van der Waals surface area contributed by atoms with Crippen LogP contribution in [0.3, 0.4) is 0 Å². The lowest BCUT2D eigenvalue weighted by Gasteiger charge is -2.32. The molecule has 0 spiro atoms. The Bertz CT molecular complexity index is 367. The van der Waals surface area contributed by atoms with Gasteiger partial charge in [0.05, 0.1) is 17.4 Å². The van der Waals surface area contributed by atoms with Crippen LogP contribution < -0.4 is 5.32 Å². The van der Waals surface area contributed by atoms with Gasteiger partial charge in [0.1, 0.15) is 0 Å². The van der Waals surface area contributed by atoms with E-state index in [1.165, 1.54) is 0 Å². The molecule has 5 nitrogen and oxygen atoms in total. The third-order valence-electron chi connectivity index (χ3n) is 3.23. The quantitative estimate of drug-likeness (QED) is 0.717. The molecule has 1 amide bonds. The van der Waals surface area contributed by atoms with Crippen LogP contribution in [0.2, 0.25) is 0 Å². The highest BCUT2D eigenvalue weighted by Crippen LogP contribution is 2.19. The van der Waals surface area contributed by atoms with Gasteiger partial charge in [0.15, 0.2) is 9.84 Å². The highest BCUT2D eigenvalue weighted by molar-refractivity contribution is 7.91. The standard InChI is InChI=1S/C9H16N2O3S.ClH/c1-11(9(12)7-4-10-5-7)8-2-3-15(13,14)6-8;/h7-8,10H,2-6H2,1H3;1H. The van der Waals surface area contributed by atoms with Crippen LogP contribution in [0.1, 0.15) is 6.42 Å². The molecule has 7 heteroatoms. The van der Waals surface area contributed by atoms with E-state index in [0.29, 0.717) is 6.42 Å². The van der Waals surface area contributed by atoms with Crippen LogP contribution in [0.15, 0.2) is 0 Å². The number of amides is 1. The smallest absolute Gasteiger partial charge is 0.228 e. The summed E-state index contributed by atoms with van der Waals surface area (Å²) < 4.78 is 22.5. The van der Waals surface area contributed by atoms with Crippen molar-refractivity contribution in [3.8, 4) is 0 Å². The fourth-order valence-electron chi connectivity index (χ4n) is 2.01. The molecule has 2 rings (SSSR count). The fraction of sp³-hybridized carbons (Fsp3) is 0.889. The molecule has 0 radical (unpaired) electrons. The van der Waals surface area contributed by atoms with E-state index in [-0.39, 0.29) is 41.8 Å². The van der Waals surface area contributed by atoms with Gasteiger partial charge in [-0.05, 0) is 6.42 Å². The Morgan fingerprint density at radius 1 is 1.38 bits per heavy atom. The van der Waals surface area contributed by atoms with Crippen molar-refractivity contribution in [3.63, 3.8) is 0 Å². The van der Waals surface area contributed by atoms with E-state index < -0.39 is 9.84 Å². The molecule has 2 fully saturated rings. The van der Waals surface area contributed by atoms with Crippen molar-refractivity contribution in [1.29, 1.82) is 0 Å². The van der Waals surface area contributed by atoms with Crippen molar-refractivity contribution < 1.29 is 13.2 Å². The van der Waals surface area contributed by atoms with Gasteiger partial charge < -0.3 is 10.2 Å². The Morgan fingerprint density at radius 3 is 2.38 bits per heavy atom. The van der Waals surface area contributed by atoms with Crippen LogP contribution in [0, 0.1) is 5.92 Å². The Labute approximate surface area is 102 Å². The molecule has 94 valence electrons. The predicted molar refractivity (Wildman–Crippen MR) is 63.4 cm³/mol. The molecule has 0 aliphatic carbocycles. The highest BCUT2D eigenvalue weighted by atomic mass is 35.5. The zero-order valence-corrected chi connectivity index (χ0v) is 10.8. The molecule has 2 aliphatic rings. The number of nitrogens with one attached hydrogen (secondary N) is 1. The molecule has 1 atom stereocenters. The highest BCUT2D eigenvalue weighted by Gasteiger charge is 2.36. The van der Waals surface area contributed by atoms with E-state index in [1.807, 2.05) is 0 Å². The largest absolute Gasteiger partial charge is 0.341 e. The maximum absolute atomic E-state index is 11.8. The first kappa shape index (κ1) is 13.7. The minimum atomic E-state index is -2.90. The summed E-state index contributed by atoms with van der Waals surface area (Å²) in [7, 11) is -1.18. The second-order valence-corrected chi connectivity index (χ2v) is 6.59. The maximum Gasteiger partial charge on any atom is 0.228 e. The summed E-state index contributed by atoms with van der Waals surface area (Å²) in [6.07, 6.45) is 0.588. The fourth-order valence-corrected chi connectivity index (χ4v) is 3.79. The van der Waals surface area contributed by atoms with E-state index in [4.69, 9.17) is 0 Å². The van der Waals surface area contributed by atoms with Gasteiger partial charge in [-0.25, -0.2) is 8.42 Å². The minimum Gasteiger partial charge on any atom is -0.341 e. The van der Waals surface area contributed by atoms with Gasteiger partial charge in [0.2, 0.25) is 5.91 Å². The average molecular weight is 269 g/mol. The second-order valence-electron chi connectivity index (χ2n) is 4.36. The monoisotopic (exact) mass is 268 g/mol. The zero-order chi connectivity index (χ0) is 11.1. The average Bonchev–Trinajstić information content (AvgIpc) is 2.41. The Kier molecular flexibility index (Phi) is 4.20. The SMILES string of the molecule is CN(C(=O)C1CNC1)C1CCS(=O)(=O)C1.Cl. The molecular weight excluding hydrogens is 252 g/mol. The molecule has 1 N–H and O–H groups in total. The van der Waals surface area contributed by atoms with Gasteiger partial charge in [-0.3, -0.25) is 4.79 Å². The Morgan fingerprint density at radius 2 is 2.00 bits per heavy atom. The first-order valence-corrected chi connectivity index (χ1v) is 6.99. The van der Waals surface area contributed by atoms with E-state index in [1.54, 1.807) is 11.9 Å². The molecule has 2 saturated heterocycles. The van der Waals surface area contributed by atoms with E-state index in [0.717, 1.165) is 13.1 Å². The number of rotatable bonds is 2. The van der Waals surface area contributed by atoms with Crippen molar-refractivity contribution in [2.24, 2.45) is 5.92 Å². The summed E-state index contributed by atoms with van der Waals surface area (Å²) in [5.74, 6) is 0.488.